The third-order valence-electron chi connectivity index (χ3n) is 11.4. The van der Waals surface area contributed by atoms with Gasteiger partial charge in [0.25, 0.3) is 0 Å². The summed E-state index contributed by atoms with van der Waals surface area (Å²) in [4.78, 5) is 12.5. The van der Waals surface area contributed by atoms with Gasteiger partial charge < -0.3 is 20.6 Å². The molecule has 0 aromatic heterocycles. The van der Waals surface area contributed by atoms with Crippen molar-refractivity contribution in [2.24, 2.45) is 0 Å². The van der Waals surface area contributed by atoms with Crippen LogP contribution >= 0.6 is 0 Å². The molecule has 0 fully saturated rings. The first-order chi connectivity index (χ1) is 28.1. The second-order valence-corrected chi connectivity index (χ2v) is 17.0. The van der Waals surface area contributed by atoms with Crippen molar-refractivity contribution in [3.63, 3.8) is 0 Å². The van der Waals surface area contributed by atoms with Gasteiger partial charge >= 0.3 is 0 Å². The van der Waals surface area contributed by atoms with Crippen LogP contribution in [-0.2, 0) is 4.79 Å². The van der Waals surface area contributed by atoms with E-state index in [1.54, 1.807) is 6.08 Å². The van der Waals surface area contributed by atoms with Gasteiger partial charge in [0.1, 0.15) is 6.10 Å². The molecule has 3 unspecified atom stereocenters. The van der Waals surface area contributed by atoms with Gasteiger partial charge in [0, 0.05) is 0 Å². The highest BCUT2D eigenvalue weighted by Crippen LogP contribution is 2.16. The Bertz CT molecular complexity index is 927. The summed E-state index contributed by atoms with van der Waals surface area (Å²) in [7, 11) is 0. The minimum atomic E-state index is -1.11. The Balaban J connectivity index is 3.52. The highest BCUT2D eigenvalue weighted by Gasteiger charge is 2.22. The molecule has 0 heterocycles. The standard InChI is InChI=1S/C52H97NO4/c1-3-5-7-9-11-13-15-16-17-18-19-20-21-22-23-24-25-26-27-28-29-30-31-32-33-34-35-37-39-41-43-45-47-51(56)52(57)53-49(48-54)50(55)46-44-42-40-38-36-14-12-10-8-6-4-2/h8,10,22-23,36,38,44,46,49-51,54-56H,3-7,9,11-21,24-35,37,39-43,45,47-48H2,1-2H3,(H,53,57)/b10-8+,23-22-,38-36+,46-44+. The maximum Gasteiger partial charge on any atom is 0.249 e. The zero-order valence-electron chi connectivity index (χ0n) is 38.0. The van der Waals surface area contributed by atoms with Crippen LogP contribution in [0.4, 0.5) is 0 Å². The number of aliphatic hydroxyl groups is 3. The number of allylic oxidation sites excluding steroid dienone is 7. The molecule has 3 atom stereocenters. The monoisotopic (exact) mass is 800 g/mol. The summed E-state index contributed by atoms with van der Waals surface area (Å²) in [5.74, 6) is -0.518. The molecule has 57 heavy (non-hydrogen) atoms. The molecule has 0 spiro atoms. The number of nitrogens with one attached hydrogen (secondary N) is 1. The number of rotatable bonds is 45. The van der Waals surface area contributed by atoms with E-state index in [1.165, 1.54) is 180 Å². The molecular weight excluding hydrogens is 703 g/mol. The van der Waals surface area contributed by atoms with Crippen molar-refractivity contribution >= 4 is 5.91 Å². The molecule has 0 aromatic carbocycles. The number of amides is 1. The zero-order chi connectivity index (χ0) is 41.5. The first kappa shape index (κ1) is 55.3. The molecule has 1 amide bonds. The minimum Gasteiger partial charge on any atom is -0.394 e. The maximum absolute atomic E-state index is 12.5. The lowest BCUT2D eigenvalue weighted by atomic mass is 10.0. The van der Waals surface area contributed by atoms with E-state index in [1.807, 2.05) is 6.08 Å². The minimum absolute atomic E-state index is 0.382. The second-order valence-electron chi connectivity index (χ2n) is 17.0. The van der Waals surface area contributed by atoms with Crippen LogP contribution in [0.25, 0.3) is 0 Å². The van der Waals surface area contributed by atoms with Crippen LogP contribution in [0.2, 0.25) is 0 Å². The molecule has 5 nitrogen and oxygen atoms in total. The summed E-state index contributed by atoms with van der Waals surface area (Å²) in [5.41, 5.74) is 0. The van der Waals surface area contributed by atoms with Gasteiger partial charge in [0.05, 0.1) is 18.8 Å². The topological polar surface area (TPSA) is 89.8 Å². The highest BCUT2D eigenvalue weighted by atomic mass is 16.3. The Labute approximate surface area is 355 Å². The zero-order valence-corrected chi connectivity index (χ0v) is 38.0. The van der Waals surface area contributed by atoms with E-state index in [4.69, 9.17) is 0 Å². The molecule has 0 aromatic rings. The molecule has 4 N–H and O–H groups in total. The smallest absolute Gasteiger partial charge is 0.249 e. The molecule has 0 aliphatic rings. The van der Waals surface area contributed by atoms with Crippen LogP contribution < -0.4 is 5.32 Å². The average Bonchev–Trinajstić information content (AvgIpc) is 3.22. The molecule has 0 aliphatic carbocycles. The summed E-state index contributed by atoms with van der Waals surface area (Å²) in [6.45, 7) is 4.10. The summed E-state index contributed by atoms with van der Waals surface area (Å²) in [6.07, 6.45) is 61.9. The number of unbranched alkanes of at least 4 members (excludes halogenated alkanes) is 31. The third kappa shape index (κ3) is 42.2. The van der Waals surface area contributed by atoms with Crippen LogP contribution in [0.1, 0.15) is 251 Å². The van der Waals surface area contributed by atoms with Crippen molar-refractivity contribution in [2.75, 3.05) is 6.61 Å². The predicted octanol–water partition coefficient (Wildman–Crippen LogP) is 14.9. The van der Waals surface area contributed by atoms with Gasteiger partial charge in [-0.2, -0.15) is 0 Å². The van der Waals surface area contributed by atoms with Gasteiger partial charge in [-0.3, -0.25) is 4.79 Å². The Morgan fingerprint density at radius 2 is 0.754 bits per heavy atom. The fourth-order valence-electron chi connectivity index (χ4n) is 7.46. The molecule has 0 radical (unpaired) electrons. The van der Waals surface area contributed by atoms with E-state index in [0.29, 0.717) is 6.42 Å². The summed E-state index contributed by atoms with van der Waals surface area (Å²) >= 11 is 0. The van der Waals surface area contributed by atoms with Crippen molar-refractivity contribution in [3.05, 3.63) is 48.6 Å². The first-order valence-electron chi connectivity index (χ1n) is 25.0. The van der Waals surface area contributed by atoms with Gasteiger partial charge in [-0.25, -0.2) is 0 Å². The lowest BCUT2D eigenvalue weighted by molar-refractivity contribution is -0.131. The highest BCUT2D eigenvalue weighted by molar-refractivity contribution is 5.80. The molecule has 0 bridgehead atoms. The van der Waals surface area contributed by atoms with E-state index in [0.717, 1.165) is 51.4 Å². The fourth-order valence-corrected chi connectivity index (χ4v) is 7.46. The van der Waals surface area contributed by atoms with E-state index < -0.39 is 24.2 Å². The van der Waals surface area contributed by atoms with Crippen LogP contribution in [0, 0.1) is 0 Å². The van der Waals surface area contributed by atoms with Crippen molar-refractivity contribution in [1.82, 2.24) is 5.32 Å². The number of aliphatic hydroxyl groups excluding tert-OH is 3. The van der Waals surface area contributed by atoms with Crippen LogP contribution in [-0.4, -0.2) is 46.1 Å². The molecule has 0 saturated heterocycles. The van der Waals surface area contributed by atoms with Gasteiger partial charge in [0.2, 0.25) is 5.91 Å². The van der Waals surface area contributed by atoms with Crippen molar-refractivity contribution in [2.45, 2.75) is 270 Å². The lowest BCUT2D eigenvalue weighted by Gasteiger charge is -2.21. The molecule has 5 heteroatoms. The Hall–Kier alpha value is -1.69. The normalized spacial score (nSPS) is 13.8. The summed E-state index contributed by atoms with van der Waals surface area (Å²) in [6, 6.07) is -0.819. The quantitative estimate of drug-likeness (QED) is 0.0365. The van der Waals surface area contributed by atoms with Crippen molar-refractivity contribution < 1.29 is 20.1 Å². The fraction of sp³-hybridized carbons (Fsp3) is 0.827. The number of carbonyl (C=O) groups is 1. The Morgan fingerprint density at radius 3 is 1.14 bits per heavy atom. The molecule has 0 aliphatic heterocycles. The second kappa shape index (κ2) is 47.0. The van der Waals surface area contributed by atoms with E-state index >= 15 is 0 Å². The summed E-state index contributed by atoms with van der Waals surface area (Å²) < 4.78 is 0. The van der Waals surface area contributed by atoms with Gasteiger partial charge in [-0.05, 0) is 64.2 Å². The van der Waals surface area contributed by atoms with Gasteiger partial charge in [-0.1, -0.05) is 236 Å². The largest absolute Gasteiger partial charge is 0.394 e. The first-order valence-corrected chi connectivity index (χ1v) is 25.0. The summed E-state index contributed by atoms with van der Waals surface area (Å²) in [5, 5.41) is 33.0. The van der Waals surface area contributed by atoms with Crippen LogP contribution in [0.5, 0.6) is 0 Å². The van der Waals surface area contributed by atoms with E-state index in [2.05, 4.69) is 55.6 Å². The molecular formula is C52H97NO4. The van der Waals surface area contributed by atoms with Crippen molar-refractivity contribution in [1.29, 1.82) is 0 Å². The van der Waals surface area contributed by atoms with E-state index in [9.17, 15) is 20.1 Å². The lowest BCUT2D eigenvalue weighted by Crippen LogP contribution is -2.48. The molecule has 334 valence electrons. The SMILES string of the molecule is CCC/C=C/CC/C=C/CC/C=C/C(O)C(CO)NC(=O)C(O)CCCCCCCCCCCCCCCCCC/C=C\CCCCCCCCCCCCCC. The number of carbonyl (C=O) groups excluding carboxylic acids is 1. The van der Waals surface area contributed by atoms with Crippen LogP contribution in [0.15, 0.2) is 48.6 Å². The Morgan fingerprint density at radius 1 is 0.421 bits per heavy atom. The predicted molar refractivity (Wildman–Crippen MR) is 250 cm³/mol. The number of hydrogen-bond acceptors (Lipinski definition) is 4. The molecule has 0 rings (SSSR count). The van der Waals surface area contributed by atoms with Crippen LogP contribution in [0.3, 0.4) is 0 Å². The van der Waals surface area contributed by atoms with Crippen molar-refractivity contribution in [3.8, 4) is 0 Å². The number of hydrogen-bond donors (Lipinski definition) is 4. The molecule has 0 saturated carbocycles. The van der Waals surface area contributed by atoms with Gasteiger partial charge in [-0.15, -0.1) is 0 Å². The van der Waals surface area contributed by atoms with Gasteiger partial charge in [0.15, 0.2) is 0 Å². The maximum atomic E-state index is 12.5. The van der Waals surface area contributed by atoms with E-state index in [-0.39, 0.29) is 6.61 Å². The average molecular weight is 800 g/mol. The Kier molecular flexibility index (Phi) is 45.6. The third-order valence-corrected chi connectivity index (χ3v) is 11.4.